The number of hydrogen-bond donors (Lipinski definition) is 1. The molecular weight excluding hydrogens is 262 g/mol. The first-order chi connectivity index (χ1) is 8.96. The van der Waals surface area contributed by atoms with Gasteiger partial charge in [-0.15, -0.1) is 0 Å². The molecule has 0 bridgehead atoms. The molecule has 0 saturated heterocycles. The summed E-state index contributed by atoms with van der Waals surface area (Å²) in [5.41, 5.74) is 6.53. The normalized spacial score (nSPS) is 17.3. The zero-order valence-electron chi connectivity index (χ0n) is 11.4. The maximum Gasteiger partial charge on any atom is 0.244 e. The van der Waals surface area contributed by atoms with E-state index in [2.05, 4.69) is 0 Å². The number of nitrogens with zero attached hydrogens (tertiary/aromatic N) is 2. The van der Waals surface area contributed by atoms with Crippen LogP contribution in [0.25, 0.3) is 0 Å². The quantitative estimate of drug-likeness (QED) is 0.851. The molecule has 0 aliphatic carbocycles. The van der Waals surface area contributed by atoms with Crippen molar-refractivity contribution >= 4 is 10.0 Å². The maximum atomic E-state index is 12.5. The van der Waals surface area contributed by atoms with Crippen LogP contribution in [-0.2, 0) is 16.6 Å². The van der Waals surface area contributed by atoms with Crippen molar-refractivity contribution in [3.63, 3.8) is 0 Å². The third-order valence-electron chi connectivity index (χ3n) is 3.33. The molecule has 19 heavy (non-hydrogen) atoms. The molecule has 1 aromatic heterocycles. The van der Waals surface area contributed by atoms with Crippen LogP contribution in [0.5, 0.6) is 0 Å². The second-order valence-electron chi connectivity index (χ2n) is 5.00. The van der Waals surface area contributed by atoms with Crippen LogP contribution >= 0.6 is 0 Å². The molecule has 2 rings (SSSR count). The fourth-order valence-corrected chi connectivity index (χ4v) is 3.73. The first-order valence-corrected chi connectivity index (χ1v) is 7.96. The van der Waals surface area contributed by atoms with Gasteiger partial charge in [-0.3, -0.25) is 0 Å². The summed E-state index contributed by atoms with van der Waals surface area (Å²) in [7, 11) is -3.40. The first kappa shape index (κ1) is 14.3. The van der Waals surface area contributed by atoms with E-state index in [9.17, 15) is 8.42 Å². The highest BCUT2D eigenvalue weighted by atomic mass is 32.2. The van der Waals surface area contributed by atoms with Gasteiger partial charge < -0.3 is 10.3 Å². The van der Waals surface area contributed by atoms with E-state index >= 15 is 0 Å². The van der Waals surface area contributed by atoms with Gasteiger partial charge in [-0.2, -0.15) is 4.31 Å². The summed E-state index contributed by atoms with van der Waals surface area (Å²) < 4.78 is 28.5. The van der Waals surface area contributed by atoms with Crippen molar-refractivity contribution in [1.82, 2.24) is 8.87 Å². The second kappa shape index (κ2) is 5.48. The maximum absolute atomic E-state index is 12.5. The standard InChI is InChI=1S/C13H21N3O2S/c1-11(2)16-10-13(8-12(16)9-14)19(17,18)15-6-4-3-5-7-15/h3-4,8,10-11H,5-7,9,14H2,1-2H3. The topological polar surface area (TPSA) is 68.3 Å². The minimum atomic E-state index is -3.40. The van der Waals surface area contributed by atoms with Gasteiger partial charge in [-0.25, -0.2) is 8.42 Å². The van der Waals surface area contributed by atoms with Crippen LogP contribution in [0.15, 0.2) is 29.3 Å². The molecule has 0 atom stereocenters. The van der Waals surface area contributed by atoms with E-state index in [4.69, 9.17) is 5.73 Å². The third-order valence-corrected chi connectivity index (χ3v) is 5.16. The molecule has 5 nitrogen and oxygen atoms in total. The van der Waals surface area contributed by atoms with E-state index in [1.54, 1.807) is 12.3 Å². The lowest BCUT2D eigenvalue weighted by atomic mass is 10.3. The highest BCUT2D eigenvalue weighted by Gasteiger charge is 2.26. The van der Waals surface area contributed by atoms with Gasteiger partial charge in [0.15, 0.2) is 0 Å². The highest BCUT2D eigenvalue weighted by molar-refractivity contribution is 7.89. The van der Waals surface area contributed by atoms with E-state index < -0.39 is 10.0 Å². The first-order valence-electron chi connectivity index (χ1n) is 6.52. The minimum absolute atomic E-state index is 0.198. The van der Waals surface area contributed by atoms with Crippen LogP contribution in [-0.4, -0.2) is 30.4 Å². The Bertz CT molecular complexity index is 573. The highest BCUT2D eigenvalue weighted by Crippen LogP contribution is 2.23. The summed E-state index contributed by atoms with van der Waals surface area (Å²) >= 11 is 0. The monoisotopic (exact) mass is 283 g/mol. The summed E-state index contributed by atoms with van der Waals surface area (Å²) in [6, 6.07) is 1.89. The van der Waals surface area contributed by atoms with Crippen LogP contribution in [0.2, 0.25) is 0 Å². The van der Waals surface area contributed by atoms with Crippen molar-refractivity contribution in [3.8, 4) is 0 Å². The predicted octanol–water partition coefficient (Wildman–Crippen LogP) is 1.48. The van der Waals surface area contributed by atoms with E-state index in [1.807, 2.05) is 30.6 Å². The molecule has 0 unspecified atom stereocenters. The lowest BCUT2D eigenvalue weighted by Crippen LogP contribution is -2.33. The van der Waals surface area contributed by atoms with E-state index in [0.717, 1.165) is 12.1 Å². The Morgan fingerprint density at radius 1 is 1.37 bits per heavy atom. The molecule has 0 aromatic carbocycles. The molecule has 0 spiro atoms. The van der Waals surface area contributed by atoms with Crippen molar-refractivity contribution < 1.29 is 8.42 Å². The molecule has 0 saturated carbocycles. The average molecular weight is 283 g/mol. The Morgan fingerprint density at radius 2 is 2.11 bits per heavy atom. The lowest BCUT2D eigenvalue weighted by Gasteiger charge is -2.22. The number of hydrogen-bond acceptors (Lipinski definition) is 3. The van der Waals surface area contributed by atoms with Gasteiger partial charge in [0.25, 0.3) is 0 Å². The molecule has 1 aliphatic heterocycles. The third kappa shape index (κ3) is 2.75. The zero-order valence-corrected chi connectivity index (χ0v) is 12.2. The van der Waals surface area contributed by atoms with Crippen LogP contribution in [0.1, 0.15) is 32.0 Å². The smallest absolute Gasteiger partial charge is 0.244 e. The molecule has 0 radical (unpaired) electrons. The second-order valence-corrected chi connectivity index (χ2v) is 6.93. The number of sulfonamides is 1. The molecule has 1 aliphatic rings. The zero-order chi connectivity index (χ0) is 14.0. The van der Waals surface area contributed by atoms with E-state index in [0.29, 0.717) is 24.5 Å². The molecular formula is C13H21N3O2S. The van der Waals surface area contributed by atoms with Crippen LogP contribution in [0.3, 0.4) is 0 Å². The Balaban J connectivity index is 2.38. The van der Waals surface area contributed by atoms with Gasteiger partial charge in [0.2, 0.25) is 10.0 Å². The molecule has 2 heterocycles. The van der Waals surface area contributed by atoms with Gasteiger partial charge in [0, 0.05) is 37.6 Å². The molecule has 0 amide bonds. The number of aromatic nitrogens is 1. The van der Waals surface area contributed by atoms with Gasteiger partial charge in [-0.05, 0) is 26.3 Å². The fraction of sp³-hybridized carbons (Fsp3) is 0.538. The van der Waals surface area contributed by atoms with Gasteiger partial charge >= 0.3 is 0 Å². The summed E-state index contributed by atoms with van der Waals surface area (Å²) in [5.74, 6) is 0. The van der Waals surface area contributed by atoms with Gasteiger partial charge in [0.1, 0.15) is 4.90 Å². The van der Waals surface area contributed by atoms with Crippen LogP contribution in [0.4, 0.5) is 0 Å². The van der Waals surface area contributed by atoms with Crippen molar-refractivity contribution in [3.05, 3.63) is 30.1 Å². The van der Waals surface area contributed by atoms with Crippen molar-refractivity contribution in [2.24, 2.45) is 5.73 Å². The summed E-state index contributed by atoms with van der Waals surface area (Å²) in [4.78, 5) is 0.344. The number of nitrogens with two attached hydrogens (primary N) is 1. The minimum Gasteiger partial charge on any atom is -0.346 e. The summed E-state index contributed by atoms with van der Waals surface area (Å²) in [5, 5.41) is 0. The molecule has 6 heteroatoms. The summed E-state index contributed by atoms with van der Waals surface area (Å²) in [6.45, 7) is 5.36. The Morgan fingerprint density at radius 3 is 2.58 bits per heavy atom. The lowest BCUT2D eigenvalue weighted by molar-refractivity contribution is 0.437. The van der Waals surface area contributed by atoms with E-state index in [1.165, 1.54) is 4.31 Å². The van der Waals surface area contributed by atoms with Crippen molar-refractivity contribution in [2.75, 3.05) is 13.1 Å². The Hall–Kier alpha value is -1.11. The molecule has 1 aromatic rings. The molecule has 2 N–H and O–H groups in total. The fourth-order valence-electron chi connectivity index (χ4n) is 2.27. The Kier molecular flexibility index (Phi) is 4.13. The number of rotatable bonds is 4. The Labute approximate surface area is 114 Å². The largest absolute Gasteiger partial charge is 0.346 e. The molecule has 0 fully saturated rings. The summed E-state index contributed by atoms with van der Waals surface area (Å²) in [6.07, 6.45) is 6.37. The van der Waals surface area contributed by atoms with Crippen LogP contribution in [0, 0.1) is 0 Å². The van der Waals surface area contributed by atoms with Crippen molar-refractivity contribution in [2.45, 2.75) is 37.8 Å². The van der Waals surface area contributed by atoms with Gasteiger partial charge in [-0.1, -0.05) is 12.2 Å². The van der Waals surface area contributed by atoms with Crippen LogP contribution < -0.4 is 5.73 Å². The van der Waals surface area contributed by atoms with Gasteiger partial charge in [0.05, 0.1) is 0 Å². The predicted molar refractivity (Wildman–Crippen MR) is 75.2 cm³/mol. The molecule has 106 valence electrons. The average Bonchev–Trinajstić information content (AvgIpc) is 2.84. The van der Waals surface area contributed by atoms with E-state index in [-0.39, 0.29) is 6.04 Å². The van der Waals surface area contributed by atoms with Crippen molar-refractivity contribution in [1.29, 1.82) is 0 Å². The SMILES string of the molecule is CC(C)n1cc(S(=O)(=O)N2CC=CCC2)cc1CN.